The van der Waals surface area contributed by atoms with E-state index in [1.54, 1.807) is 54.6 Å². The molecular weight excluding hydrogens is 426 g/mol. The summed E-state index contributed by atoms with van der Waals surface area (Å²) in [5, 5.41) is 5.53. The molecule has 0 unspecified atom stereocenters. The summed E-state index contributed by atoms with van der Waals surface area (Å²) >= 11 is 0. The van der Waals surface area contributed by atoms with E-state index in [0.717, 1.165) is 5.56 Å². The lowest BCUT2D eigenvalue weighted by atomic mass is 10.1. The SMILES string of the molecule is Cc1ccc(S(=O)(=O)Nc2cccc(C(=O)Nc3ccccc3C(=O)NC(C)C)c2)cc1. The van der Waals surface area contributed by atoms with E-state index in [2.05, 4.69) is 15.4 Å². The second-order valence-electron chi connectivity index (χ2n) is 7.63. The highest BCUT2D eigenvalue weighted by Gasteiger charge is 2.17. The molecule has 0 aromatic heterocycles. The van der Waals surface area contributed by atoms with Crippen LogP contribution < -0.4 is 15.4 Å². The first-order valence-corrected chi connectivity index (χ1v) is 11.5. The Kier molecular flexibility index (Phi) is 6.95. The highest BCUT2D eigenvalue weighted by atomic mass is 32.2. The van der Waals surface area contributed by atoms with Gasteiger partial charge in [0.05, 0.1) is 16.1 Å². The van der Waals surface area contributed by atoms with Gasteiger partial charge in [0.1, 0.15) is 0 Å². The predicted octanol–water partition coefficient (Wildman–Crippen LogP) is 4.19. The Labute approximate surface area is 187 Å². The fourth-order valence-electron chi connectivity index (χ4n) is 2.98. The van der Waals surface area contributed by atoms with Crippen LogP contribution >= 0.6 is 0 Å². The summed E-state index contributed by atoms with van der Waals surface area (Å²) in [5.74, 6) is -0.762. The molecule has 0 saturated heterocycles. The number of benzene rings is 3. The standard InChI is InChI=1S/C24H25N3O4S/c1-16(2)25-24(29)21-9-4-5-10-22(21)26-23(28)18-7-6-8-19(15-18)27-32(30,31)20-13-11-17(3)12-14-20/h4-16,27H,1-3H3,(H,25,29)(H,26,28). The summed E-state index contributed by atoms with van der Waals surface area (Å²) in [6, 6.07) is 19.3. The molecule has 3 aromatic carbocycles. The summed E-state index contributed by atoms with van der Waals surface area (Å²) in [6.45, 7) is 5.57. The normalized spacial score (nSPS) is 11.1. The quantitative estimate of drug-likeness (QED) is 0.501. The summed E-state index contributed by atoms with van der Waals surface area (Å²) in [6.07, 6.45) is 0. The third kappa shape index (κ3) is 5.73. The number of amides is 2. The smallest absolute Gasteiger partial charge is 0.261 e. The number of aryl methyl sites for hydroxylation is 1. The lowest BCUT2D eigenvalue weighted by Gasteiger charge is -2.14. The maximum atomic E-state index is 12.8. The van der Waals surface area contributed by atoms with Gasteiger partial charge in [0, 0.05) is 17.3 Å². The molecular formula is C24H25N3O4S. The van der Waals surface area contributed by atoms with Crippen molar-refractivity contribution in [2.45, 2.75) is 31.7 Å². The summed E-state index contributed by atoms with van der Waals surface area (Å²) in [7, 11) is -3.80. The minimum Gasteiger partial charge on any atom is -0.350 e. The molecule has 0 bridgehead atoms. The molecule has 0 heterocycles. The predicted molar refractivity (Wildman–Crippen MR) is 125 cm³/mol. The van der Waals surface area contributed by atoms with Gasteiger partial charge in [0.25, 0.3) is 21.8 Å². The van der Waals surface area contributed by atoms with E-state index in [1.807, 2.05) is 20.8 Å². The third-order valence-corrected chi connectivity index (χ3v) is 5.95. The summed E-state index contributed by atoms with van der Waals surface area (Å²) in [5.41, 5.74) is 2.15. The molecule has 0 atom stereocenters. The van der Waals surface area contributed by atoms with Crippen molar-refractivity contribution in [3.63, 3.8) is 0 Å². The maximum Gasteiger partial charge on any atom is 0.261 e. The Balaban J connectivity index is 1.79. The number of hydrogen-bond acceptors (Lipinski definition) is 4. The number of hydrogen-bond donors (Lipinski definition) is 3. The Morgan fingerprint density at radius 2 is 1.53 bits per heavy atom. The van der Waals surface area contributed by atoms with Gasteiger partial charge >= 0.3 is 0 Å². The zero-order valence-corrected chi connectivity index (χ0v) is 18.9. The van der Waals surface area contributed by atoms with Crippen molar-refractivity contribution < 1.29 is 18.0 Å². The number of nitrogens with one attached hydrogen (secondary N) is 3. The van der Waals surface area contributed by atoms with Crippen LogP contribution in [0, 0.1) is 6.92 Å². The fraction of sp³-hybridized carbons (Fsp3) is 0.167. The van der Waals surface area contributed by atoms with Crippen molar-refractivity contribution >= 4 is 33.2 Å². The number of carbonyl (C=O) groups excluding carboxylic acids is 2. The van der Waals surface area contributed by atoms with Crippen LogP contribution in [0.25, 0.3) is 0 Å². The fourth-order valence-corrected chi connectivity index (χ4v) is 4.03. The largest absolute Gasteiger partial charge is 0.350 e. The van der Waals surface area contributed by atoms with E-state index < -0.39 is 15.9 Å². The second kappa shape index (κ2) is 9.65. The Hall–Kier alpha value is -3.65. The molecule has 0 saturated carbocycles. The molecule has 166 valence electrons. The third-order valence-electron chi connectivity index (χ3n) is 4.55. The van der Waals surface area contributed by atoms with Crippen LogP contribution in [0.4, 0.5) is 11.4 Å². The van der Waals surface area contributed by atoms with Crippen LogP contribution in [0.1, 0.15) is 40.1 Å². The first-order chi connectivity index (χ1) is 15.2. The topological polar surface area (TPSA) is 104 Å². The van der Waals surface area contributed by atoms with E-state index in [9.17, 15) is 18.0 Å². The molecule has 0 aliphatic rings. The molecule has 3 aromatic rings. The number of sulfonamides is 1. The van der Waals surface area contributed by atoms with Gasteiger partial charge in [-0.25, -0.2) is 8.42 Å². The molecule has 0 fully saturated rings. The lowest BCUT2D eigenvalue weighted by Crippen LogP contribution is -2.31. The van der Waals surface area contributed by atoms with Crippen LogP contribution in [-0.4, -0.2) is 26.3 Å². The zero-order valence-electron chi connectivity index (χ0n) is 18.0. The molecule has 7 nitrogen and oxygen atoms in total. The average Bonchev–Trinajstić information content (AvgIpc) is 2.74. The Bertz CT molecular complexity index is 1240. The van der Waals surface area contributed by atoms with Crippen molar-refractivity contribution in [3.8, 4) is 0 Å². The van der Waals surface area contributed by atoms with Crippen molar-refractivity contribution in [1.82, 2.24) is 5.32 Å². The maximum absolute atomic E-state index is 12.8. The van der Waals surface area contributed by atoms with Gasteiger partial charge in [-0.1, -0.05) is 35.9 Å². The van der Waals surface area contributed by atoms with Gasteiger partial charge in [0.15, 0.2) is 0 Å². The molecule has 0 aliphatic heterocycles. The van der Waals surface area contributed by atoms with Gasteiger partial charge in [-0.05, 0) is 63.2 Å². The first-order valence-electron chi connectivity index (χ1n) is 10.1. The van der Waals surface area contributed by atoms with Crippen molar-refractivity contribution in [2.24, 2.45) is 0 Å². The van der Waals surface area contributed by atoms with Crippen LogP contribution in [-0.2, 0) is 10.0 Å². The van der Waals surface area contributed by atoms with E-state index in [1.165, 1.54) is 18.2 Å². The second-order valence-corrected chi connectivity index (χ2v) is 9.31. The summed E-state index contributed by atoms with van der Waals surface area (Å²) in [4.78, 5) is 25.4. The molecule has 0 spiro atoms. The highest BCUT2D eigenvalue weighted by molar-refractivity contribution is 7.92. The number of anilines is 2. The summed E-state index contributed by atoms with van der Waals surface area (Å²) < 4.78 is 27.8. The van der Waals surface area contributed by atoms with E-state index in [-0.39, 0.29) is 28.1 Å². The van der Waals surface area contributed by atoms with Gasteiger partial charge in [-0.3, -0.25) is 14.3 Å². The highest BCUT2D eigenvalue weighted by Crippen LogP contribution is 2.20. The molecule has 2 amide bonds. The molecule has 0 aliphatic carbocycles. The Morgan fingerprint density at radius 1 is 0.844 bits per heavy atom. The number of rotatable bonds is 7. The molecule has 0 radical (unpaired) electrons. The molecule has 32 heavy (non-hydrogen) atoms. The number of para-hydroxylation sites is 1. The zero-order chi connectivity index (χ0) is 23.3. The average molecular weight is 452 g/mol. The number of carbonyl (C=O) groups is 2. The van der Waals surface area contributed by atoms with Crippen LogP contribution in [0.2, 0.25) is 0 Å². The van der Waals surface area contributed by atoms with Crippen LogP contribution in [0.3, 0.4) is 0 Å². The minimum absolute atomic E-state index is 0.0514. The van der Waals surface area contributed by atoms with E-state index >= 15 is 0 Å². The lowest BCUT2D eigenvalue weighted by molar-refractivity contribution is 0.0944. The van der Waals surface area contributed by atoms with Crippen molar-refractivity contribution in [3.05, 3.63) is 89.5 Å². The Morgan fingerprint density at radius 3 is 2.22 bits per heavy atom. The van der Waals surface area contributed by atoms with Crippen molar-refractivity contribution in [2.75, 3.05) is 10.0 Å². The minimum atomic E-state index is -3.80. The monoisotopic (exact) mass is 451 g/mol. The van der Waals surface area contributed by atoms with E-state index in [0.29, 0.717) is 11.3 Å². The van der Waals surface area contributed by atoms with Gasteiger partial charge in [0.2, 0.25) is 0 Å². The van der Waals surface area contributed by atoms with Gasteiger partial charge in [-0.2, -0.15) is 0 Å². The van der Waals surface area contributed by atoms with Gasteiger partial charge in [-0.15, -0.1) is 0 Å². The van der Waals surface area contributed by atoms with Crippen molar-refractivity contribution in [1.29, 1.82) is 0 Å². The van der Waals surface area contributed by atoms with Crippen LogP contribution in [0.15, 0.2) is 77.7 Å². The van der Waals surface area contributed by atoms with Crippen LogP contribution in [0.5, 0.6) is 0 Å². The first kappa shape index (κ1) is 23.0. The molecule has 3 rings (SSSR count). The van der Waals surface area contributed by atoms with Gasteiger partial charge < -0.3 is 10.6 Å². The molecule has 3 N–H and O–H groups in total. The molecule has 8 heteroatoms. The van der Waals surface area contributed by atoms with E-state index in [4.69, 9.17) is 0 Å².